The monoisotopic (exact) mass is 244 g/mol. The van der Waals surface area contributed by atoms with E-state index in [4.69, 9.17) is 5.73 Å². The van der Waals surface area contributed by atoms with Crippen molar-refractivity contribution in [3.05, 3.63) is 41.2 Å². The Balaban J connectivity index is 2.44. The second kappa shape index (κ2) is 5.23. The molecule has 2 aromatic rings. The Bertz CT molecular complexity index is 543. The van der Waals surface area contributed by atoms with Crippen molar-refractivity contribution in [3.8, 4) is 5.69 Å². The number of anilines is 1. The van der Waals surface area contributed by atoms with E-state index >= 15 is 0 Å². The van der Waals surface area contributed by atoms with Crippen LogP contribution in [0.15, 0.2) is 24.3 Å². The van der Waals surface area contributed by atoms with E-state index in [1.807, 2.05) is 23.7 Å². The van der Waals surface area contributed by atoms with Crippen LogP contribution in [0.2, 0.25) is 0 Å². The van der Waals surface area contributed by atoms with Gasteiger partial charge in [-0.25, -0.2) is 4.68 Å². The molecule has 2 rings (SSSR count). The molecule has 0 aliphatic carbocycles. The summed E-state index contributed by atoms with van der Waals surface area (Å²) in [6.45, 7) is 7.57. The first kappa shape index (κ1) is 12.6. The SMILES string of the molecule is Cc1ccccc1-n1nc(C)c(NCCN)c1C. The van der Waals surface area contributed by atoms with Gasteiger partial charge in [0.05, 0.1) is 22.8 Å². The number of para-hydroxylation sites is 1. The molecule has 1 aromatic heterocycles. The van der Waals surface area contributed by atoms with Crippen molar-refractivity contribution in [2.45, 2.75) is 20.8 Å². The van der Waals surface area contributed by atoms with Crippen molar-refractivity contribution in [1.82, 2.24) is 9.78 Å². The lowest BCUT2D eigenvalue weighted by Crippen LogP contribution is -2.14. The van der Waals surface area contributed by atoms with Gasteiger partial charge in [-0.1, -0.05) is 18.2 Å². The normalized spacial score (nSPS) is 10.7. The van der Waals surface area contributed by atoms with Gasteiger partial charge in [-0.2, -0.15) is 5.10 Å². The zero-order chi connectivity index (χ0) is 13.1. The summed E-state index contributed by atoms with van der Waals surface area (Å²) in [7, 11) is 0. The highest BCUT2D eigenvalue weighted by molar-refractivity contribution is 5.55. The van der Waals surface area contributed by atoms with Crippen molar-refractivity contribution in [3.63, 3.8) is 0 Å². The molecule has 4 heteroatoms. The molecule has 4 nitrogen and oxygen atoms in total. The Morgan fingerprint density at radius 2 is 1.94 bits per heavy atom. The van der Waals surface area contributed by atoms with Gasteiger partial charge in [-0.15, -0.1) is 0 Å². The van der Waals surface area contributed by atoms with E-state index in [0.29, 0.717) is 6.54 Å². The molecule has 1 heterocycles. The minimum atomic E-state index is 0.619. The second-order valence-corrected chi connectivity index (χ2v) is 4.46. The summed E-state index contributed by atoms with van der Waals surface area (Å²) >= 11 is 0. The van der Waals surface area contributed by atoms with Gasteiger partial charge in [-0.05, 0) is 32.4 Å². The Labute approximate surface area is 108 Å². The molecular formula is C14H20N4. The lowest BCUT2D eigenvalue weighted by molar-refractivity contribution is 0.827. The average Bonchev–Trinajstić information content (AvgIpc) is 2.63. The topological polar surface area (TPSA) is 55.9 Å². The summed E-state index contributed by atoms with van der Waals surface area (Å²) in [5, 5.41) is 7.94. The Morgan fingerprint density at radius 1 is 1.22 bits per heavy atom. The first-order chi connectivity index (χ1) is 8.65. The zero-order valence-corrected chi connectivity index (χ0v) is 11.2. The number of nitrogens with zero attached hydrogens (tertiary/aromatic N) is 2. The number of aryl methyl sites for hydroxylation is 2. The second-order valence-electron chi connectivity index (χ2n) is 4.46. The van der Waals surface area contributed by atoms with E-state index in [1.54, 1.807) is 0 Å². The minimum Gasteiger partial charge on any atom is -0.381 e. The van der Waals surface area contributed by atoms with Crippen LogP contribution in [0.5, 0.6) is 0 Å². The summed E-state index contributed by atoms with van der Waals surface area (Å²) in [6.07, 6.45) is 0. The molecule has 0 unspecified atom stereocenters. The van der Waals surface area contributed by atoms with Gasteiger partial charge in [0.25, 0.3) is 0 Å². The van der Waals surface area contributed by atoms with Crippen LogP contribution in [0.1, 0.15) is 17.0 Å². The molecule has 18 heavy (non-hydrogen) atoms. The Kier molecular flexibility index (Phi) is 3.67. The molecule has 1 aromatic carbocycles. The average molecular weight is 244 g/mol. The predicted octanol–water partition coefficient (Wildman–Crippen LogP) is 2.17. The fourth-order valence-electron chi connectivity index (χ4n) is 2.13. The molecule has 0 bridgehead atoms. The van der Waals surface area contributed by atoms with Crippen LogP contribution in [-0.4, -0.2) is 22.9 Å². The first-order valence-corrected chi connectivity index (χ1v) is 6.21. The van der Waals surface area contributed by atoms with Crippen LogP contribution >= 0.6 is 0 Å². The van der Waals surface area contributed by atoms with Gasteiger partial charge in [0, 0.05) is 13.1 Å². The van der Waals surface area contributed by atoms with Gasteiger partial charge >= 0.3 is 0 Å². The number of nitrogens with two attached hydrogens (primary N) is 1. The third-order valence-electron chi connectivity index (χ3n) is 3.08. The van der Waals surface area contributed by atoms with Crippen LogP contribution in [-0.2, 0) is 0 Å². The Hall–Kier alpha value is -1.81. The minimum absolute atomic E-state index is 0.619. The predicted molar refractivity (Wildman–Crippen MR) is 75.3 cm³/mol. The summed E-state index contributed by atoms with van der Waals surface area (Å²) < 4.78 is 1.99. The number of hydrogen-bond acceptors (Lipinski definition) is 3. The lowest BCUT2D eigenvalue weighted by atomic mass is 10.2. The van der Waals surface area contributed by atoms with Crippen LogP contribution in [0.4, 0.5) is 5.69 Å². The molecule has 0 aliphatic heterocycles. The maximum Gasteiger partial charge on any atom is 0.0832 e. The maximum absolute atomic E-state index is 5.53. The van der Waals surface area contributed by atoms with Gasteiger partial charge in [0.15, 0.2) is 0 Å². The van der Waals surface area contributed by atoms with Gasteiger partial charge < -0.3 is 11.1 Å². The molecule has 0 atom stereocenters. The van der Waals surface area contributed by atoms with Gasteiger partial charge in [0.2, 0.25) is 0 Å². The number of benzene rings is 1. The van der Waals surface area contributed by atoms with Crippen LogP contribution < -0.4 is 11.1 Å². The number of nitrogens with one attached hydrogen (secondary N) is 1. The molecule has 0 fully saturated rings. The van der Waals surface area contributed by atoms with Crippen LogP contribution in [0.25, 0.3) is 5.69 Å². The van der Waals surface area contributed by atoms with E-state index in [9.17, 15) is 0 Å². The van der Waals surface area contributed by atoms with E-state index in [1.165, 1.54) is 5.56 Å². The molecule has 0 aliphatic rings. The molecule has 0 saturated carbocycles. The lowest BCUT2D eigenvalue weighted by Gasteiger charge is -2.09. The van der Waals surface area contributed by atoms with Crippen molar-refractivity contribution in [1.29, 1.82) is 0 Å². The standard InChI is InChI=1S/C14H20N4/c1-10-6-4-5-7-13(10)18-12(3)14(11(2)17-18)16-9-8-15/h4-7,16H,8-9,15H2,1-3H3. The third kappa shape index (κ3) is 2.24. The van der Waals surface area contributed by atoms with E-state index in [0.717, 1.165) is 29.3 Å². The van der Waals surface area contributed by atoms with Crippen molar-refractivity contribution < 1.29 is 0 Å². The summed E-state index contributed by atoms with van der Waals surface area (Å²) in [6, 6.07) is 8.25. The summed E-state index contributed by atoms with van der Waals surface area (Å²) in [4.78, 5) is 0. The van der Waals surface area contributed by atoms with E-state index < -0.39 is 0 Å². The highest BCUT2D eigenvalue weighted by Crippen LogP contribution is 2.23. The van der Waals surface area contributed by atoms with Crippen LogP contribution in [0, 0.1) is 20.8 Å². The van der Waals surface area contributed by atoms with E-state index in [2.05, 4.69) is 36.4 Å². The van der Waals surface area contributed by atoms with Gasteiger partial charge in [0.1, 0.15) is 0 Å². The summed E-state index contributed by atoms with van der Waals surface area (Å²) in [5.41, 5.74) is 11.1. The number of rotatable bonds is 4. The molecule has 0 amide bonds. The molecular weight excluding hydrogens is 224 g/mol. The fraction of sp³-hybridized carbons (Fsp3) is 0.357. The molecule has 0 spiro atoms. The van der Waals surface area contributed by atoms with Crippen LogP contribution in [0.3, 0.4) is 0 Å². The first-order valence-electron chi connectivity index (χ1n) is 6.21. The smallest absolute Gasteiger partial charge is 0.0832 e. The zero-order valence-electron chi connectivity index (χ0n) is 11.2. The molecule has 96 valence electrons. The number of aromatic nitrogens is 2. The highest BCUT2D eigenvalue weighted by atomic mass is 15.3. The molecule has 0 saturated heterocycles. The number of hydrogen-bond donors (Lipinski definition) is 2. The van der Waals surface area contributed by atoms with Gasteiger partial charge in [-0.3, -0.25) is 0 Å². The van der Waals surface area contributed by atoms with Crippen molar-refractivity contribution in [2.24, 2.45) is 5.73 Å². The Morgan fingerprint density at radius 3 is 2.61 bits per heavy atom. The fourth-order valence-corrected chi connectivity index (χ4v) is 2.13. The summed E-state index contributed by atoms with van der Waals surface area (Å²) in [5.74, 6) is 0. The van der Waals surface area contributed by atoms with Crippen molar-refractivity contribution in [2.75, 3.05) is 18.4 Å². The van der Waals surface area contributed by atoms with E-state index in [-0.39, 0.29) is 0 Å². The maximum atomic E-state index is 5.53. The third-order valence-corrected chi connectivity index (χ3v) is 3.08. The quantitative estimate of drug-likeness (QED) is 0.866. The largest absolute Gasteiger partial charge is 0.381 e. The molecule has 0 radical (unpaired) electrons. The highest BCUT2D eigenvalue weighted by Gasteiger charge is 2.12. The molecule has 3 N–H and O–H groups in total. The van der Waals surface area contributed by atoms with Crippen molar-refractivity contribution >= 4 is 5.69 Å².